The zero-order valence-electron chi connectivity index (χ0n) is 10.3. The fourth-order valence-electron chi connectivity index (χ4n) is 1.34. The molecule has 0 fully saturated rings. The lowest BCUT2D eigenvalue weighted by Gasteiger charge is -2.11. The fourth-order valence-corrected chi connectivity index (χ4v) is 1.34. The third-order valence-electron chi connectivity index (χ3n) is 2.17. The van der Waals surface area contributed by atoms with Crippen molar-refractivity contribution in [2.45, 2.75) is 6.18 Å². The molecule has 0 heterocycles. The first-order chi connectivity index (χ1) is 8.96. The normalized spacial score (nSPS) is 10.9. The molecule has 1 aromatic carbocycles. The van der Waals surface area contributed by atoms with Crippen molar-refractivity contribution in [3.63, 3.8) is 0 Å². The van der Waals surface area contributed by atoms with Gasteiger partial charge in [0, 0.05) is 12.6 Å². The maximum Gasteiger partial charge on any atom is 0.411 e. The van der Waals surface area contributed by atoms with Crippen molar-refractivity contribution in [3.8, 4) is 11.8 Å². The Bertz CT molecular complexity index is 455. The van der Waals surface area contributed by atoms with E-state index in [9.17, 15) is 13.2 Å². The SMILES string of the molecule is COc1ccc(C#N)c(NCCOCC(F)(F)F)c1. The second-order valence-corrected chi connectivity index (χ2v) is 3.62. The number of rotatable bonds is 6. The monoisotopic (exact) mass is 274 g/mol. The van der Waals surface area contributed by atoms with Gasteiger partial charge < -0.3 is 14.8 Å². The number of nitriles is 1. The Balaban J connectivity index is 2.46. The van der Waals surface area contributed by atoms with Gasteiger partial charge in [0.05, 0.1) is 25.0 Å². The molecule has 0 amide bonds. The summed E-state index contributed by atoms with van der Waals surface area (Å²) in [5.74, 6) is 0.553. The Morgan fingerprint density at radius 3 is 2.68 bits per heavy atom. The van der Waals surface area contributed by atoms with E-state index in [1.807, 2.05) is 6.07 Å². The number of benzene rings is 1. The van der Waals surface area contributed by atoms with Crippen LogP contribution in [-0.4, -0.2) is 33.0 Å². The van der Waals surface area contributed by atoms with E-state index >= 15 is 0 Å². The van der Waals surface area contributed by atoms with Crippen LogP contribution in [0.15, 0.2) is 18.2 Å². The Labute approximate surface area is 108 Å². The molecule has 0 saturated heterocycles. The van der Waals surface area contributed by atoms with E-state index in [1.165, 1.54) is 7.11 Å². The molecule has 0 aliphatic heterocycles. The number of nitrogens with one attached hydrogen (secondary N) is 1. The minimum atomic E-state index is -4.33. The van der Waals surface area contributed by atoms with Gasteiger partial charge in [-0.3, -0.25) is 0 Å². The van der Waals surface area contributed by atoms with E-state index in [4.69, 9.17) is 10.00 Å². The van der Waals surface area contributed by atoms with E-state index in [0.717, 1.165) is 0 Å². The Hall–Kier alpha value is -1.94. The van der Waals surface area contributed by atoms with E-state index in [0.29, 0.717) is 17.0 Å². The molecular weight excluding hydrogens is 261 g/mol. The van der Waals surface area contributed by atoms with Crippen molar-refractivity contribution in [2.24, 2.45) is 0 Å². The smallest absolute Gasteiger partial charge is 0.411 e. The van der Waals surface area contributed by atoms with Gasteiger partial charge in [-0.25, -0.2) is 0 Å². The standard InChI is InChI=1S/C12H13F3N2O2/c1-18-10-3-2-9(7-16)11(6-10)17-4-5-19-8-12(13,14)15/h2-3,6,17H,4-5,8H2,1H3. The Kier molecular flexibility index (Phi) is 5.45. The average Bonchev–Trinajstić information content (AvgIpc) is 2.36. The molecule has 0 aliphatic rings. The average molecular weight is 274 g/mol. The van der Waals surface area contributed by atoms with Crippen molar-refractivity contribution in [2.75, 3.05) is 32.2 Å². The van der Waals surface area contributed by atoms with Crippen LogP contribution in [0.1, 0.15) is 5.56 Å². The van der Waals surface area contributed by atoms with Crippen molar-refractivity contribution in [1.29, 1.82) is 5.26 Å². The molecule has 4 nitrogen and oxygen atoms in total. The van der Waals surface area contributed by atoms with Gasteiger partial charge in [-0.2, -0.15) is 18.4 Å². The van der Waals surface area contributed by atoms with Crippen LogP contribution in [0, 0.1) is 11.3 Å². The molecule has 7 heteroatoms. The predicted molar refractivity (Wildman–Crippen MR) is 63.1 cm³/mol. The number of alkyl halides is 3. The summed E-state index contributed by atoms with van der Waals surface area (Å²) >= 11 is 0. The molecule has 1 rings (SSSR count). The number of hydrogen-bond acceptors (Lipinski definition) is 4. The van der Waals surface area contributed by atoms with Crippen LogP contribution < -0.4 is 10.1 Å². The lowest BCUT2D eigenvalue weighted by molar-refractivity contribution is -0.172. The highest BCUT2D eigenvalue weighted by Crippen LogP contribution is 2.21. The Morgan fingerprint density at radius 2 is 2.11 bits per heavy atom. The zero-order valence-corrected chi connectivity index (χ0v) is 10.3. The number of nitrogens with zero attached hydrogens (tertiary/aromatic N) is 1. The van der Waals surface area contributed by atoms with Gasteiger partial charge in [0.15, 0.2) is 0 Å². The molecule has 104 valence electrons. The van der Waals surface area contributed by atoms with E-state index in [-0.39, 0.29) is 13.2 Å². The molecule has 0 radical (unpaired) electrons. The van der Waals surface area contributed by atoms with Crippen molar-refractivity contribution < 1.29 is 22.6 Å². The highest BCUT2D eigenvalue weighted by atomic mass is 19.4. The summed E-state index contributed by atoms with van der Waals surface area (Å²) in [5.41, 5.74) is 0.883. The first kappa shape index (κ1) is 15.1. The molecule has 0 atom stereocenters. The van der Waals surface area contributed by atoms with Gasteiger partial charge in [0.1, 0.15) is 18.4 Å². The van der Waals surface area contributed by atoms with Gasteiger partial charge in [0.2, 0.25) is 0 Å². The topological polar surface area (TPSA) is 54.3 Å². The number of halogens is 3. The summed E-state index contributed by atoms with van der Waals surface area (Å²) in [5, 5.41) is 11.7. The first-order valence-electron chi connectivity index (χ1n) is 5.43. The third kappa shape index (κ3) is 5.48. The van der Waals surface area contributed by atoms with Crippen molar-refractivity contribution >= 4 is 5.69 Å². The maximum absolute atomic E-state index is 11.8. The van der Waals surface area contributed by atoms with Crippen LogP contribution in [0.4, 0.5) is 18.9 Å². The molecule has 19 heavy (non-hydrogen) atoms. The number of hydrogen-bond donors (Lipinski definition) is 1. The van der Waals surface area contributed by atoms with Crippen LogP contribution in [0.5, 0.6) is 5.75 Å². The van der Waals surface area contributed by atoms with Gasteiger partial charge in [0.25, 0.3) is 0 Å². The summed E-state index contributed by atoms with van der Waals surface area (Å²) in [6.07, 6.45) is -4.33. The summed E-state index contributed by atoms with van der Waals surface area (Å²) in [6.45, 7) is -1.22. The fraction of sp³-hybridized carbons (Fsp3) is 0.417. The highest BCUT2D eigenvalue weighted by molar-refractivity contribution is 5.60. The second kappa shape index (κ2) is 6.85. The number of anilines is 1. The quantitative estimate of drug-likeness (QED) is 0.810. The highest BCUT2D eigenvalue weighted by Gasteiger charge is 2.27. The number of ether oxygens (including phenoxy) is 2. The van der Waals surface area contributed by atoms with Crippen LogP contribution in [0.2, 0.25) is 0 Å². The molecule has 0 spiro atoms. The number of methoxy groups -OCH3 is 1. The van der Waals surface area contributed by atoms with Gasteiger partial charge in [-0.1, -0.05) is 0 Å². The summed E-state index contributed by atoms with van der Waals surface area (Å²) in [7, 11) is 1.48. The molecular formula is C12H13F3N2O2. The molecule has 0 saturated carbocycles. The molecule has 0 aliphatic carbocycles. The predicted octanol–water partition coefficient (Wildman–Crippen LogP) is 2.56. The zero-order chi connectivity index (χ0) is 14.3. The lowest BCUT2D eigenvalue weighted by Crippen LogP contribution is -2.20. The van der Waals surface area contributed by atoms with Gasteiger partial charge in [-0.15, -0.1) is 0 Å². The first-order valence-corrected chi connectivity index (χ1v) is 5.43. The minimum Gasteiger partial charge on any atom is -0.497 e. The summed E-state index contributed by atoms with van der Waals surface area (Å²) in [4.78, 5) is 0. The van der Waals surface area contributed by atoms with E-state index in [2.05, 4.69) is 10.1 Å². The van der Waals surface area contributed by atoms with E-state index in [1.54, 1.807) is 18.2 Å². The van der Waals surface area contributed by atoms with E-state index < -0.39 is 12.8 Å². The minimum absolute atomic E-state index is 0.110. The van der Waals surface area contributed by atoms with Crippen LogP contribution >= 0.6 is 0 Å². The molecule has 1 aromatic rings. The molecule has 0 aromatic heterocycles. The maximum atomic E-state index is 11.8. The summed E-state index contributed by atoms with van der Waals surface area (Å²) in [6, 6.07) is 6.77. The summed E-state index contributed by atoms with van der Waals surface area (Å²) < 4.78 is 44.9. The molecule has 0 bridgehead atoms. The largest absolute Gasteiger partial charge is 0.497 e. The molecule has 1 N–H and O–H groups in total. The van der Waals surface area contributed by atoms with Crippen LogP contribution in [-0.2, 0) is 4.74 Å². The second-order valence-electron chi connectivity index (χ2n) is 3.62. The molecule has 0 unspecified atom stereocenters. The third-order valence-corrected chi connectivity index (χ3v) is 2.17. The van der Waals surface area contributed by atoms with Crippen LogP contribution in [0.3, 0.4) is 0 Å². The Morgan fingerprint density at radius 1 is 1.37 bits per heavy atom. The van der Waals surface area contributed by atoms with Crippen molar-refractivity contribution in [3.05, 3.63) is 23.8 Å². The van der Waals surface area contributed by atoms with Gasteiger partial charge in [-0.05, 0) is 12.1 Å². The van der Waals surface area contributed by atoms with Gasteiger partial charge >= 0.3 is 6.18 Å². The lowest BCUT2D eigenvalue weighted by atomic mass is 10.2. The van der Waals surface area contributed by atoms with Crippen LogP contribution in [0.25, 0.3) is 0 Å². The van der Waals surface area contributed by atoms with Crippen molar-refractivity contribution in [1.82, 2.24) is 0 Å².